The van der Waals surface area contributed by atoms with Crippen molar-refractivity contribution in [3.8, 4) is 0 Å². The van der Waals surface area contributed by atoms with Gasteiger partial charge in [0.1, 0.15) is 5.60 Å². The highest BCUT2D eigenvalue weighted by molar-refractivity contribution is 5.70. The molecule has 1 fully saturated rings. The molecule has 1 amide bonds. The number of hydrogen-bond acceptors (Lipinski definition) is 4. The molecule has 0 radical (unpaired) electrons. The monoisotopic (exact) mass is 257 g/mol. The number of rotatable bonds is 3. The number of nitrogens with one attached hydrogen (secondary N) is 1. The van der Waals surface area contributed by atoms with Crippen molar-refractivity contribution >= 4 is 12.1 Å². The molecule has 0 aliphatic heterocycles. The van der Waals surface area contributed by atoms with Crippen LogP contribution >= 0.6 is 0 Å². The summed E-state index contributed by atoms with van der Waals surface area (Å²) in [5, 5.41) is 2.84. The van der Waals surface area contributed by atoms with E-state index in [9.17, 15) is 9.59 Å². The third-order valence-corrected chi connectivity index (χ3v) is 2.95. The number of amides is 1. The molecule has 0 aromatic carbocycles. The molecule has 1 N–H and O–H groups in total. The second-order valence-electron chi connectivity index (χ2n) is 5.80. The molecule has 0 aromatic rings. The summed E-state index contributed by atoms with van der Waals surface area (Å²) in [6.45, 7) is 5.50. The van der Waals surface area contributed by atoms with Crippen LogP contribution in [0.15, 0.2) is 0 Å². The van der Waals surface area contributed by atoms with E-state index in [1.807, 2.05) is 20.8 Å². The summed E-state index contributed by atoms with van der Waals surface area (Å²) in [6, 6.07) is 0.106. The number of esters is 1. The molecule has 1 saturated carbocycles. The van der Waals surface area contributed by atoms with Gasteiger partial charge in [-0.1, -0.05) is 0 Å². The van der Waals surface area contributed by atoms with Gasteiger partial charge < -0.3 is 14.8 Å². The van der Waals surface area contributed by atoms with Gasteiger partial charge in [0, 0.05) is 12.5 Å². The number of methoxy groups -OCH3 is 1. The maximum absolute atomic E-state index is 11.6. The maximum Gasteiger partial charge on any atom is 0.407 e. The Balaban J connectivity index is 2.30. The first-order chi connectivity index (χ1) is 8.30. The van der Waals surface area contributed by atoms with E-state index in [1.165, 1.54) is 7.11 Å². The zero-order valence-electron chi connectivity index (χ0n) is 11.6. The summed E-state index contributed by atoms with van der Waals surface area (Å²) in [6.07, 6.45) is 2.69. The van der Waals surface area contributed by atoms with Crippen LogP contribution in [0.1, 0.15) is 46.5 Å². The minimum absolute atomic E-state index is 0.106. The molecular formula is C13H23NO4. The molecule has 1 aliphatic carbocycles. The minimum Gasteiger partial charge on any atom is -0.469 e. The fourth-order valence-corrected chi connectivity index (χ4v) is 2.18. The zero-order chi connectivity index (χ0) is 13.8. The van der Waals surface area contributed by atoms with Crippen LogP contribution in [0.2, 0.25) is 0 Å². The number of carbonyl (C=O) groups is 2. The van der Waals surface area contributed by atoms with E-state index in [4.69, 9.17) is 4.74 Å². The summed E-state index contributed by atoms with van der Waals surface area (Å²) in [7, 11) is 1.40. The van der Waals surface area contributed by atoms with E-state index in [-0.39, 0.29) is 18.1 Å². The van der Waals surface area contributed by atoms with Crippen molar-refractivity contribution in [2.45, 2.75) is 58.1 Å². The average Bonchev–Trinajstić information content (AvgIpc) is 2.62. The van der Waals surface area contributed by atoms with Crippen LogP contribution in [0, 0.1) is 5.92 Å². The molecule has 0 unspecified atom stereocenters. The molecule has 0 spiro atoms. The lowest BCUT2D eigenvalue weighted by Crippen LogP contribution is -2.38. The number of carbonyl (C=O) groups excluding carboxylic acids is 2. The topological polar surface area (TPSA) is 64.6 Å². The van der Waals surface area contributed by atoms with Gasteiger partial charge in [0.2, 0.25) is 0 Å². The number of alkyl carbamates (subject to hydrolysis) is 1. The molecule has 0 heterocycles. The summed E-state index contributed by atoms with van der Waals surface area (Å²) in [5.74, 6) is 0.121. The fraction of sp³-hybridized carbons (Fsp3) is 0.846. The van der Waals surface area contributed by atoms with Crippen LogP contribution in [-0.4, -0.2) is 30.8 Å². The Morgan fingerprint density at radius 2 is 1.94 bits per heavy atom. The molecule has 104 valence electrons. The van der Waals surface area contributed by atoms with E-state index in [2.05, 4.69) is 10.1 Å². The standard InChI is InChI=1S/C13H23NO4/c1-13(2,3)18-12(16)14-10-6-5-9(7-10)8-11(15)17-4/h9-10H,5-8H2,1-4H3,(H,14,16)/t9-,10-/m0/s1. The lowest BCUT2D eigenvalue weighted by molar-refractivity contribution is -0.141. The summed E-state index contributed by atoms with van der Waals surface area (Å²) in [4.78, 5) is 22.7. The number of hydrogen-bond donors (Lipinski definition) is 1. The van der Waals surface area contributed by atoms with Gasteiger partial charge in [0.15, 0.2) is 0 Å². The van der Waals surface area contributed by atoms with Crippen molar-refractivity contribution in [2.75, 3.05) is 7.11 Å². The van der Waals surface area contributed by atoms with Gasteiger partial charge in [-0.05, 0) is 46.0 Å². The van der Waals surface area contributed by atoms with Crippen molar-refractivity contribution < 1.29 is 19.1 Å². The molecule has 1 rings (SSSR count). The summed E-state index contributed by atoms with van der Waals surface area (Å²) < 4.78 is 9.84. The second kappa shape index (κ2) is 6.07. The average molecular weight is 257 g/mol. The molecule has 1 aliphatic rings. The van der Waals surface area contributed by atoms with Crippen LogP contribution in [0.25, 0.3) is 0 Å². The van der Waals surface area contributed by atoms with Crippen molar-refractivity contribution in [1.82, 2.24) is 5.32 Å². The van der Waals surface area contributed by atoms with Crippen LogP contribution in [-0.2, 0) is 14.3 Å². The van der Waals surface area contributed by atoms with Crippen molar-refractivity contribution in [1.29, 1.82) is 0 Å². The molecular weight excluding hydrogens is 234 g/mol. The predicted molar refractivity (Wildman–Crippen MR) is 67.1 cm³/mol. The van der Waals surface area contributed by atoms with Gasteiger partial charge in [-0.2, -0.15) is 0 Å². The molecule has 2 atom stereocenters. The summed E-state index contributed by atoms with van der Waals surface area (Å²) in [5.41, 5.74) is -0.478. The van der Waals surface area contributed by atoms with Gasteiger partial charge >= 0.3 is 12.1 Å². The first-order valence-corrected chi connectivity index (χ1v) is 6.36. The predicted octanol–water partition coefficient (Wildman–Crippen LogP) is 2.24. The Labute approximate surface area is 108 Å². The molecule has 0 bridgehead atoms. The molecule has 18 heavy (non-hydrogen) atoms. The normalized spacial score (nSPS) is 23.6. The van der Waals surface area contributed by atoms with Crippen molar-refractivity contribution in [2.24, 2.45) is 5.92 Å². The van der Waals surface area contributed by atoms with E-state index in [0.29, 0.717) is 12.3 Å². The maximum atomic E-state index is 11.6. The highest BCUT2D eigenvalue weighted by Crippen LogP contribution is 2.28. The van der Waals surface area contributed by atoms with Crippen LogP contribution < -0.4 is 5.32 Å². The van der Waals surface area contributed by atoms with Crippen molar-refractivity contribution in [3.63, 3.8) is 0 Å². The lowest BCUT2D eigenvalue weighted by Gasteiger charge is -2.21. The Hall–Kier alpha value is -1.26. The lowest BCUT2D eigenvalue weighted by atomic mass is 10.0. The van der Waals surface area contributed by atoms with Gasteiger partial charge in [0.25, 0.3) is 0 Å². The smallest absolute Gasteiger partial charge is 0.407 e. The minimum atomic E-state index is -0.478. The van der Waals surface area contributed by atoms with E-state index in [0.717, 1.165) is 19.3 Å². The Kier molecular flexibility index (Phi) is 4.99. The van der Waals surface area contributed by atoms with Gasteiger partial charge in [-0.15, -0.1) is 0 Å². The second-order valence-corrected chi connectivity index (χ2v) is 5.80. The molecule has 5 nitrogen and oxygen atoms in total. The Morgan fingerprint density at radius 1 is 1.28 bits per heavy atom. The van der Waals surface area contributed by atoms with Crippen LogP contribution in [0.3, 0.4) is 0 Å². The largest absolute Gasteiger partial charge is 0.469 e. The van der Waals surface area contributed by atoms with Gasteiger partial charge in [-0.25, -0.2) is 4.79 Å². The van der Waals surface area contributed by atoms with E-state index >= 15 is 0 Å². The first-order valence-electron chi connectivity index (χ1n) is 6.36. The highest BCUT2D eigenvalue weighted by atomic mass is 16.6. The highest BCUT2D eigenvalue weighted by Gasteiger charge is 2.29. The zero-order valence-corrected chi connectivity index (χ0v) is 11.6. The quantitative estimate of drug-likeness (QED) is 0.787. The van der Waals surface area contributed by atoms with Crippen molar-refractivity contribution in [3.05, 3.63) is 0 Å². The van der Waals surface area contributed by atoms with Gasteiger partial charge in [-0.3, -0.25) is 4.79 Å². The third-order valence-electron chi connectivity index (χ3n) is 2.95. The molecule has 5 heteroatoms. The van der Waals surface area contributed by atoms with Crippen LogP contribution in [0.4, 0.5) is 4.79 Å². The molecule has 0 aromatic heterocycles. The Bertz CT molecular complexity index is 309. The van der Waals surface area contributed by atoms with Crippen LogP contribution in [0.5, 0.6) is 0 Å². The summed E-state index contributed by atoms with van der Waals surface area (Å²) >= 11 is 0. The first kappa shape index (κ1) is 14.8. The van der Waals surface area contributed by atoms with E-state index < -0.39 is 5.60 Å². The SMILES string of the molecule is COC(=O)C[C@H]1CC[C@H](NC(=O)OC(C)(C)C)C1. The molecule has 0 saturated heterocycles. The van der Waals surface area contributed by atoms with E-state index in [1.54, 1.807) is 0 Å². The fourth-order valence-electron chi connectivity index (χ4n) is 2.18. The Morgan fingerprint density at radius 3 is 2.50 bits per heavy atom. The van der Waals surface area contributed by atoms with Gasteiger partial charge in [0.05, 0.1) is 7.11 Å². The third kappa shape index (κ3) is 5.38. The number of ether oxygens (including phenoxy) is 2.